The van der Waals surface area contributed by atoms with Gasteiger partial charge in [0.2, 0.25) is 5.79 Å². The normalized spacial score (nSPS) is 26.8. The van der Waals surface area contributed by atoms with E-state index in [9.17, 15) is 0 Å². The zero-order chi connectivity index (χ0) is 20.3. The highest BCUT2D eigenvalue weighted by Gasteiger charge is 2.43. The number of benzene rings is 2. The molecule has 5 nitrogen and oxygen atoms in total. The van der Waals surface area contributed by atoms with E-state index in [1.165, 1.54) is 0 Å². The van der Waals surface area contributed by atoms with Crippen LogP contribution >= 0.6 is 11.6 Å². The summed E-state index contributed by atoms with van der Waals surface area (Å²) in [6.45, 7) is 4.59. The van der Waals surface area contributed by atoms with Crippen LogP contribution in [-0.4, -0.2) is 31.6 Å². The first kappa shape index (κ1) is 20.2. The van der Waals surface area contributed by atoms with Crippen molar-refractivity contribution in [2.24, 2.45) is 0 Å². The quantitative estimate of drug-likeness (QED) is 0.657. The number of halogens is 1. The van der Waals surface area contributed by atoms with E-state index in [1.54, 1.807) is 7.11 Å². The molecule has 1 saturated carbocycles. The van der Waals surface area contributed by atoms with E-state index in [2.05, 4.69) is 11.9 Å². The third kappa shape index (κ3) is 4.75. The standard InChI is InChI=1S/C23H26ClNO4/c1-16(17-3-9-21(26-2)10-4-17)22-15-27-23(29-28-22)13-11-20(12-14-23)25-19-7-5-18(24)6-8-19/h3-10,20,22,25H,1,11-15H2,2H3. The van der Waals surface area contributed by atoms with Crippen molar-refractivity contribution in [3.63, 3.8) is 0 Å². The van der Waals surface area contributed by atoms with Gasteiger partial charge in [0.15, 0.2) is 0 Å². The van der Waals surface area contributed by atoms with Gasteiger partial charge in [0.1, 0.15) is 11.9 Å². The third-order valence-electron chi connectivity index (χ3n) is 5.63. The smallest absolute Gasteiger partial charge is 0.201 e. The molecular weight excluding hydrogens is 390 g/mol. The molecule has 0 amide bonds. The summed E-state index contributed by atoms with van der Waals surface area (Å²) in [7, 11) is 1.65. The van der Waals surface area contributed by atoms with Crippen LogP contribution in [0.5, 0.6) is 5.75 Å². The van der Waals surface area contributed by atoms with Gasteiger partial charge < -0.3 is 14.8 Å². The molecular formula is C23H26ClNO4. The molecule has 2 aliphatic rings. The van der Waals surface area contributed by atoms with Gasteiger partial charge in [0, 0.05) is 29.6 Å². The topological polar surface area (TPSA) is 49.0 Å². The molecule has 0 radical (unpaired) electrons. The summed E-state index contributed by atoms with van der Waals surface area (Å²) in [5, 5.41) is 4.29. The lowest BCUT2D eigenvalue weighted by atomic mass is 9.89. The SMILES string of the molecule is C=C(c1ccc(OC)cc1)C1COC2(CCC(Nc3ccc(Cl)cc3)CC2)OO1. The minimum absolute atomic E-state index is 0.320. The molecule has 1 saturated heterocycles. The van der Waals surface area contributed by atoms with E-state index in [0.29, 0.717) is 12.6 Å². The molecule has 1 spiro atoms. The average Bonchev–Trinajstić information content (AvgIpc) is 2.77. The molecule has 0 bridgehead atoms. The summed E-state index contributed by atoms with van der Waals surface area (Å²) in [6, 6.07) is 15.9. The predicted octanol–water partition coefficient (Wildman–Crippen LogP) is 5.46. The van der Waals surface area contributed by atoms with Crippen LogP contribution in [0.3, 0.4) is 0 Å². The number of anilines is 1. The monoisotopic (exact) mass is 415 g/mol. The van der Waals surface area contributed by atoms with Crippen molar-refractivity contribution in [2.45, 2.75) is 43.6 Å². The van der Waals surface area contributed by atoms with Gasteiger partial charge in [-0.25, -0.2) is 9.78 Å². The summed E-state index contributed by atoms with van der Waals surface area (Å²) in [5.74, 6) is 0.149. The zero-order valence-corrected chi connectivity index (χ0v) is 17.3. The molecule has 2 aromatic carbocycles. The van der Waals surface area contributed by atoms with Crippen LogP contribution in [0.4, 0.5) is 5.69 Å². The van der Waals surface area contributed by atoms with Crippen molar-refractivity contribution < 1.29 is 19.2 Å². The fraction of sp³-hybridized carbons (Fsp3) is 0.391. The van der Waals surface area contributed by atoms with Crippen LogP contribution in [0.2, 0.25) is 5.02 Å². The highest BCUT2D eigenvalue weighted by atomic mass is 35.5. The summed E-state index contributed by atoms with van der Waals surface area (Å²) in [4.78, 5) is 11.5. The molecule has 1 N–H and O–H groups in total. The maximum atomic E-state index is 6.14. The lowest BCUT2D eigenvalue weighted by molar-refractivity contribution is -0.483. The van der Waals surface area contributed by atoms with E-state index >= 15 is 0 Å². The highest BCUT2D eigenvalue weighted by Crippen LogP contribution is 2.38. The fourth-order valence-corrected chi connectivity index (χ4v) is 3.91. The molecule has 6 heteroatoms. The minimum atomic E-state index is -0.658. The number of hydrogen-bond acceptors (Lipinski definition) is 5. The van der Waals surface area contributed by atoms with Gasteiger partial charge in [-0.3, -0.25) is 0 Å². The number of methoxy groups -OCH3 is 1. The van der Waals surface area contributed by atoms with Gasteiger partial charge >= 0.3 is 0 Å². The molecule has 29 heavy (non-hydrogen) atoms. The largest absolute Gasteiger partial charge is 0.497 e. The number of nitrogens with one attached hydrogen (secondary N) is 1. The maximum Gasteiger partial charge on any atom is 0.201 e. The Bertz CT molecular complexity index is 819. The Kier molecular flexibility index (Phi) is 6.11. The Morgan fingerprint density at radius 3 is 2.38 bits per heavy atom. The van der Waals surface area contributed by atoms with Crippen molar-refractivity contribution in [2.75, 3.05) is 19.0 Å². The minimum Gasteiger partial charge on any atom is -0.497 e. The van der Waals surface area contributed by atoms with Crippen LogP contribution in [0.15, 0.2) is 55.1 Å². The van der Waals surface area contributed by atoms with E-state index < -0.39 is 5.79 Å². The number of hydrogen-bond donors (Lipinski definition) is 1. The van der Waals surface area contributed by atoms with Crippen LogP contribution < -0.4 is 10.1 Å². The van der Waals surface area contributed by atoms with Gasteiger partial charge in [-0.05, 0) is 60.4 Å². The molecule has 1 unspecified atom stereocenters. The first-order valence-corrected chi connectivity index (χ1v) is 10.3. The van der Waals surface area contributed by atoms with Crippen molar-refractivity contribution in [1.29, 1.82) is 0 Å². The van der Waals surface area contributed by atoms with E-state index in [4.69, 9.17) is 30.8 Å². The van der Waals surface area contributed by atoms with Crippen molar-refractivity contribution in [1.82, 2.24) is 0 Å². The molecule has 0 aromatic heterocycles. The molecule has 154 valence electrons. The Hall–Kier alpha value is -2.05. The predicted molar refractivity (Wildman–Crippen MR) is 114 cm³/mol. The lowest BCUT2D eigenvalue weighted by Crippen LogP contribution is -2.49. The Balaban J connectivity index is 1.28. The van der Waals surface area contributed by atoms with Gasteiger partial charge in [-0.2, -0.15) is 0 Å². The Morgan fingerprint density at radius 1 is 1.10 bits per heavy atom. The summed E-state index contributed by atoms with van der Waals surface area (Å²) in [6.07, 6.45) is 3.12. The molecule has 1 atom stereocenters. The molecule has 1 aliphatic carbocycles. The second-order valence-electron chi connectivity index (χ2n) is 7.57. The van der Waals surface area contributed by atoms with Crippen molar-refractivity contribution >= 4 is 22.9 Å². The Morgan fingerprint density at radius 2 is 1.79 bits per heavy atom. The van der Waals surface area contributed by atoms with Crippen molar-refractivity contribution in [3.05, 3.63) is 65.7 Å². The second kappa shape index (κ2) is 8.76. The fourth-order valence-electron chi connectivity index (χ4n) is 3.79. The summed E-state index contributed by atoms with van der Waals surface area (Å²) >= 11 is 5.95. The molecule has 1 heterocycles. The number of ether oxygens (including phenoxy) is 2. The molecule has 1 aliphatic heterocycles. The first-order valence-electron chi connectivity index (χ1n) is 9.91. The summed E-state index contributed by atoms with van der Waals surface area (Å²) in [5.41, 5.74) is 2.89. The van der Waals surface area contributed by atoms with Crippen LogP contribution in [0, 0.1) is 0 Å². The van der Waals surface area contributed by atoms with E-state index in [1.807, 2.05) is 48.5 Å². The average molecular weight is 416 g/mol. The summed E-state index contributed by atoms with van der Waals surface area (Å²) < 4.78 is 11.3. The lowest BCUT2D eigenvalue weighted by Gasteiger charge is -2.43. The highest BCUT2D eigenvalue weighted by molar-refractivity contribution is 6.30. The van der Waals surface area contributed by atoms with E-state index in [0.717, 1.165) is 53.3 Å². The van der Waals surface area contributed by atoms with Crippen LogP contribution in [-0.2, 0) is 14.5 Å². The second-order valence-corrected chi connectivity index (χ2v) is 8.01. The van der Waals surface area contributed by atoms with Crippen LogP contribution in [0.1, 0.15) is 31.2 Å². The molecule has 2 aromatic rings. The molecule has 2 fully saturated rings. The van der Waals surface area contributed by atoms with Gasteiger partial charge in [0.25, 0.3) is 0 Å². The van der Waals surface area contributed by atoms with Crippen molar-refractivity contribution in [3.8, 4) is 5.75 Å². The molecule has 4 rings (SSSR count). The Labute approximate surface area is 176 Å². The first-order chi connectivity index (χ1) is 14.1. The zero-order valence-electron chi connectivity index (χ0n) is 16.5. The number of rotatable bonds is 5. The third-order valence-corrected chi connectivity index (χ3v) is 5.88. The van der Waals surface area contributed by atoms with Crippen LogP contribution in [0.25, 0.3) is 5.57 Å². The van der Waals surface area contributed by atoms with Gasteiger partial charge in [0.05, 0.1) is 13.7 Å². The van der Waals surface area contributed by atoms with E-state index in [-0.39, 0.29) is 6.10 Å². The van der Waals surface area contributed by atoms with Gasteiger partial charge in [-0.15, -0.1) is 0 Å². The maximum absolute atomic E-state index is 6.14. The van der Waals surface area contributed by atoms with Gasteiger partial charge in [-0.1, -0.05) is 30.3 Å².